The third-order valence-electron chi connectivity index (χ3n) is 12.0. The van der Waals surface area contributed by atoms with E-state index in [1.165, 1.54) is 74.5 Å². The molecule has 2 aromatic rings. The van der Waals surface area contributed by atoms with E-state index in [0.29, 0.717) is 62.2 Å². The maximum Gasteiger partial charge on any atom is 0.333 e. The van der Waals surface area contributed by atoms with Crippen LogP contribution in [0.15, 0.2) is 54.6 Å². The Morgan fingerprint density at radius 2 is 1.31 bits per heavy atom. The molecule has 2 aliphatic rings. The molecule has 0 bridgehead atoms. The van der Waals surface area contributed by atoms with E-state index in [4.69, 9.17) is 14.2 Å². The van der Waals surface area contributed by atoms with Crippen molar-refractivity contribution in [3.05, 3.63) is 76.9 Å². The summed E-state index contributed by atoms with van der Waals surface area (Å²) >= 11 is 0. The molecule has 2 aliphatic carbocycles. The van der Waals surface area contributed by atoms with Gasteiger partial charge in [-0.15, -0.1) is 0 Å². The quantitative estimate of drug-likeness (QED) is 0.0745. The van der Waals surface area contributed by atoms with Gasteiger partial charge in [-0.25, -0.2) is 9.59 Å². The summed E-state index contributed by atoms with van der Waals surface area (Å²) < 4.78 is 17.5. The van der Waals surface area contributed by atoms with Crippen LogP contribution in [0.1, 0.15) is 139 Å². The number of rotatable bonds is 21. The average molecular weight is 745 g/mol. The van der Waals surface area contributed by atoms with Gasteiger partial charge in [0.25, 0.3) is 0 Å². The van der Waals surface area contributed by atoms with Crippen molar-refractivity contribution in [2.24, 2.45) is 17.3 Å². The van der Waals surface area contributed by atoms with Crippen LogP contribution in [0.5, 0.6) is 5.75 Å². The predicted octanol–water partition coefficient (Wildman–Crippen LogP) is 10.2. The third kappa shape index (κ3) is 12.3. The second kappa shape index (κ2) is 21.6. The van der Waals surface area contributed by atoms with Gasteiger partial charge in [0.15, 0.2) is 0 Å². The highest BCUT2D eigenvalue weighted by Gasteiger charge is 2.30. The molecule has 4 rings (SSSR count). The molecule has 0 radical (unpaired) electrons. The molecule has 0 unspecified atom stereocenters. The van der Waals surface area contributed by atoms with Gasteiger partial charge in [0.05, 0.1) is 33.0 Å². The van der Waals surface area contributed by atoms with Crippen molar-refractivity contribution in [2.45, 2.75) is 136 Å². The number of hydrogen-bond donors (Lipinski definition) is 2. The van der Waals surface area contributed by atoms with Crippen LogP contribution in [0.4, 0.5) is 0 Å². The first-order valence-electron chi connectivity index (χ1n) is 20.8. The number of carbonyl (C=O) groups excluding carboxylic acids is 2. The van der Waals surface area contributed by atoms with Crippen LogP contribution in [0.25, 0.3) is 11.1 Å². The number of benzene rings is 2. The lowest BCUT2D eigenvalue weighted by Gasteiger charge is -2.36. The fourth-order valence-electron chi connectivity index (χ4n) is 8.75. The Hall–Kier alpha value is -3.42. The zero-order valence-electron chi connectivity index (χ0n) is 33.8. The molecule has 54 heavy (non-hydrogen) atoms. The van der Waals surface area contributed by atoms with E-state index >= 15 is 0 Å². The molecule has 0 aliphatic heterocycles. The molecule has 2 aromatic carbocycles. The molecule has 0 spiro atoms. The van der Waals surface area contributed by atoms with Crippen molar-refractivity contribution >= 4 is 11.9 Å². The number of aliphatic hydroxyl groups excluding tert-OH is 2. The van der Waals surface area contributed by atoms with Gasteiger partial charge in [-0.05, 0) is 148 Å². The average Bonchev–Trinajstić information content (AvgIpc) is 3.18. The van der Waals surface area contributed by atoms with E-state index in [1.807, 2.05) is 6.92 Å². The van der Waals surface area contributed by atoms with Gasteiger partial charge in [0.2, 0.25) is 0 Å². The Morgan fingerprint density at radius 3 is 1.81 bits per heavy atom. The molecule has 0 heterocycles. The monoisotopic (exact) mass is 744 g/mol. The molecule has 298 valence electrons. The Kier molecular flexibility index (Phi) is 17.3. The Bertz CT molecular complexity index is 1480. The normalized spacial score (nSPS) is 17.9. The molecule has 2 saturated carbocycles. The first kappa shape index (κ1) is 43.3. The SMILES string of the molecule is C=C(C)C(=O)OCCCc1cc(-c2ccc(C3CCC(C4CCCCC4)CC3)cc2C)cc(CCCOC(=O)C(=C)C)c1OCCC(CO)(CO)CCC. The van der Waals surface area contributed by atoms with Crippen molar-refractivity contribution in [3.8, 4) is 16.9 Å². The number of esters is 2. The van der Waals surface area contributed by atoms with Gasteiger partial charge in [-0.1, -0.05) is 76.8 Å². The molecule has 0 aromatic heterocycles. The van der Waals surface area contributed by atoms with E-state index in [0.717, 1.165) is 40.7 Å². The van der Waals surface area contributed by atoms with Gasteiger partial charge in [0.1, 0.15) is 5.75 Å². The highest BCUT2D eigenvalue weighted by atomic mass is 16.5. The van der Waals surface area contributed by atoms with Gasteiger partial charge in [-0.3, -0.25) is 0 Å². The minimum atomic E-state index is -0.615. The van der Waals surface area contributed by atoms with Crippen molar-refractivity contribution in [1.29, 1.82) is 0 Å². The van der Waals surface area contributed by atoms with Crippen LogP contribution in [0.2, 0.25) is 0 Å². The minimum absolute atomic E-state index is 0.112. The maximum absolute atomic E-state index is 12.1. The summed E-state index contributed by atoms with van der Waals surface area (Å²) in [5, 5.41) is 20.4. The molecule has 0 atom stereocenters. The molecule has 0 saturated heterocycles. The van der Waals surface area contributed by atoms with Gasteiger partial charge in [-0.2, -0.15) is 0 Å². The zero-order valence-corrected chi connectivity index (χ0v) is 33.8. The van der Waals surface area contributed by atoms with E-state index in [-0.39, 0.29) is 26.4 Å². The van der Waals surface area contributed by atoms with Crippen LogP contribution in [0, 0.1) is 24.2 Å². The fourth-order valence-corrected chi connectivity index (χ4v) is 8.75. The van der Waals surface area contributed by atoms with E-state index < -0.39 is 17.4 Å². The molecule has 0 amide bonds. The van der Waals surface area contributed by atoms with Crippen molar-refractivity contribution in [3.63, 3.8) is 0 Å². The van der Waals surface area contributed by atoms with E-state index in [9.17, 15) is 19.8 Å². The summed E-state index contributed by atoms with van der Waals surface area (Å²) in [6.45, 7) is 15.6. The topological polar surface area (TPSA) is 102 Å². The van der Waals surface area contributed by atoms with Crippen molar-refractivity contribution in [2.75, 3.05) is 33.0 Å². The molecule has 2 N–H and O–H groups in total. The number of aliphatic hydroxyl groups is 2. The number of ether oxygens (including phenoxy) is 3. The van der Waals surface area contributed by atoms with Gasteiger partial charge < -0.3 is 24.4 Å². The van der Waals surface area contributed by atoms with Gasteiger partial charge >= 0.3 is 11.9 Å². The number of aryl methyl sites for hydroxylation is 3. The van der Waals surface area contributed by atoms with Crippen LogP contribution in [0.3, 0.4) is 0 Å². The fraction of sp³-hybridized carbons (Fsp3) is 0.617. The third-order valence-corrected chi connectivity index (χ3v) is 12.0. The molecule has 2 fully saturated rings. The summed E-state index contributed by atoms with van der Waals surface area (Å²) in [5.74, 6) is 2.43. The lowest BCUT2D eigenvalue weighted by molar-refractivity contribution is -0.139. The molecule has 7 heteroatoms. The lowest BCUT2D eigenvalue weighted by Crippen LogP contribution is -2.31. The number of carbonyl (C=O) groups is 2. The highest BCUT2D eigenvalue weighted by molar-refractivity contribution is 5.87. The minimum Gasteiger partial charge on any atom is -0.493 e. The predicted molar refractivity (Wildman–Crippen MR) is 218 cm³/mol. The standard InChI is InChI=1S/C47H68O7/c1-7-23-47(31-48,32-49)24-27-52-44-40(15-11-25-53-45(50)33(2)3)29-42(30-41(44)16-12-26-54-46(51)34(4)5)43-22-21-39(28-35(43)6)38-19-17-37(18-20-38)36-13-9-8-10-14-36/h21-22,28-30,36-38,48-49H,2,4,7-20,23-27,31-32H2,1,3,5-6H3. The summed E-state index contributed by atoms with van der Waals surface area (Å²) in [5.41, 5.74) is 7.10. The largest absolute Gasteiger partial charge is 0.493 e. The lowest BCUT2D eigenvalue weighted by atomic mass is 9.70. The first-order valence-corrected chi connectivity index (χ1v) is 20.8. The van der Waals surface area contributed by atoms with Crippen LogP contribution in [-0.4, -0.2) is 55.2 Å². The first-order chi connectivity index (χ1) is 26.0. The summed E-state index contributed by atoms with van der Waals surface area (Å²) in [6.07, 6.45) is 16.8. The van der Waals surface area contributed by atoms with Crippen LogP contribution < -0.4 is 4.74 Å². The highest BCUT2D eigenvalue weighted by Crippen LogP contribution is 2.44. The summed E-state index contributed by atoms with van der Waals surface area (Å²) in [4.78, 5) is 24.3. The molecular formula is C47H68O7. The van der Waals surface area contributed by atoms with E-state index in [2.05, 4.69) is 50.4 Å². The Morgan fingerprint density at radius 1 is 0.759 bits per heavy atom. The summed E-state index contributed by atoms with van der Waals surface area (Å²) in [7, 11) is 0. The second-order valence-corrected chi connectivity index (χ2v) is 16.4. The smallest absolute Gasteiger partial charge is 0.333 e. The number of hydrogen-bond acceptors (Lipinski definition) is 7. The van der Waals surface area contributed by atoms with Crippen molar-refractivity contribution in [1.82, 2.24) is 0 Å². The second-order valence-electron chi connectivity index (χ2n) is 16.4. The Balaban J connectivity index is 1.62. The van der Waals surface area contributed by atoms with Crippen LogP contribution in [-0.2, 0) is 31.9 Å². The van der Waals surface area contributed by atoms with Crippen LogP contribution >= 0.6 is 0 Å². The summed E-state index contributed by atoms with van der Waals surface area (Å²) in [6, 6.07) is 11.4. The molecular weight excluding hydrogens is 677 g/mol. The maximum atomic E-state index is 12.1. The Labute approximate surface area is 325 Å². The zero-order chi connectivity index (χ0) is 39.1. The van der Waals surface area contributed by atoms with E-state index in [1.54, 1.807) is 13.8 Å². The van der Waals surface area contributed by atoms with Gasteiger partial charge in [0, 0.05) is 16.6 Å². The van der Waals surface area contributed by atoms with Crippen molar-refractivity contribution < 1.29 is 34.0 Å². The molecule has 7 nitrogen and oxygen atoms in total.